The molecule has 0 aliphatic carbocycles. The molecule has 1 aliphatic rings. The van der Waals surface area contributed by atoms with Crippen molar-refractivity contribution < 1.29 is 9.53 Å². The van der Waals surface area contributed by atoms with Crippen molar-refractivity contribution in [2.45, 2.75) is 26.4 Å². The third-order valence-electron chi connectivity index (χ3n) is 4.21. The van der Waals surface area contributed by atoms with Gasteiger partial charge in [-0.15, -0.1) is 0 Å². The summed E-state index contributed by atoms with van der Waals surface area (Å²) in [4.78, 5) is 14.3. The average Bonchev–Trinajstić information content (AvgIpc) is 2.45. The Kier molecular flexibility index (Phi) is 5.20. The van der Waals surface area contributed by atoms with Gasteiger partial charge < -0.3 is 15.8 Å². The molecule has 1 fully saturated rings. The van der Waals surface area contributed by atoms with E-state index in [0.29, 0.717) is 18.2 Å². The highest BCUT2D eigenvalue weighted by atomic mass is 16.5. The van der Waals surface area contributed by atoms with Crippen LogP contribution in [0.15, 0.2) is 18.2 Å². The van der Waals surface area contributed by atoms with E-state index < -0.39 is 0 Å². The first-order chi connectivity index (χ1) is 10.0. The molecule has 3 N–H and O–H groups in total. The van der Waals surface area contributed by atoms with Gasteiger partial charge in [-0.1, -0.05) is 19.1 Å². The highest BCUT2D eigenvalue weighted by Crippen LogP contribution is 2.23. The second-order valence-electron chi connectivity index (χ2n) is 5.86. The average molecular weight is 291 g/mol. The molecule has 1 aromatic carbocycles. The van der Waals surface area contributed by atoms with Gasteiger partial charge in [0.2, 0.25) is 5.91 Å². The number of ether oxygens (including phenoxy) is 1. The van der Waals surface area contributed by atoms with Gasteiger partial charge >= 0.3 is 0 Å². The summed E-state index contributed by atoms with van der Waals surface area (Å²) in [5.41, 5.74) is 8.21. The molecule has 2 unspecified atom stereocenters. The molecule has 1 saturated heterocycles. The molecule has 116 valence electrons. The first kappa shape index (κ1) is 15.8. The maximum atomic E-state index is 12.2. The lowest BCUT2D eigenvalue weighted by atomic mass is 9.96. The maximum absolute atomic E-state index is 12.2. The molecule has 1 heterocycles. The van der Waals surface area contributed by atoms with Crippen molar-refractivity contribution in [1.29, 1.82) is 0 Å². The Balaban J connectivity index is 1.93. The van der Waals surface area contributed by atoms with Crippen LogP contribution in [-0.4, -0.2) is 43.7 Å². The number of hydrogen-bond acceptors (Lipinski definition) is 4. The van der Waals surface area contributed by atoms with E-state index in [1.54, 1.807) is 13.2 Å². The summed E-state index contributed by atoms with van der Waals surface area (Å²) in [6, 6.07) is 5.62. The molecule has 5 nitrogen and oxygen atoms in total. The number of benzene rings is 1. The van der Waals surface area contributed by atoms with Crippen molar-refractivity contribution >= 4 is 17.3 Å². The Bertz CT molecular complexity index is 484. The number of likely N-dealkylation sites (tertiary alicyclic amines) is 1. The van der Waals surface area contributed by atoms with Crippen LogP contribution in [0.2, 0.25) is 0 Å². The van der Waals surface area contributed by atoms with E-state index >= 15 is 0 Å². The van der Waals surface area contributed by atoms with Crippen LogP contribution >= 0.6 is 0 Å². The lowest BCUT2D eigenvalue weighted by Gasteiger charge is -2.35. The molecule has 21 heavy (non-hydrogen) atoms. The third-order valence-corrected chi connectivity index (χ3v) is 4.21. The van der Waals surface area contributed by atoms with E-state index in [0.717, 1.165) is 30.8 Å². The van der Waals surface area contributed by atoms with Crippen LogP contribution in [0.1, 0.15) is 18.9 Å². The molecule has 0 radical (unpaired) electrons. The number of piperidine rings is 1. The minimum atomic E-state index is -0.0274. The van der Waals surface area contributed by atoms with Crippen molar-refractivity contribution in [3.05, 3.63) is 23.8 Å². The number of para-hydroxylation sites is 1. The molecule has 0 spiro atoms. The zero-order valence-electron chi connectivity index (χ0n) is 13.1. The standard InChI is InChI=1S/C16H25N3O2/c1-11-7-8-19(9-14(11)21-3)10-15(20)18-16-12(2)5-4-6-13(16)17/h4-6,11,14H,7-10,17H2,1-3H3,(H,18,20). The van der Waals surface area contributed by atoms with Crippen molar-refractivity contribution in [3.63, 3.8) is 0 Å². The van der Waals surface area contributed by atoms with Crippen LogP contribution < -0.4 is 11.1 Å². The fourth-order valence-corrected chi connectivity index (χ4v) is 2.79. The minimum absolute atomic E-state index is 0.0274. The van der Waals surface area contributed by atoms with E-state index in [1.165, 1.54) is 0 Å². The summed E-state index contributed by atoms with van der Waals surface area (Å²) in [6.45, 7) is 6.24. The van der Waals surface area contributed by atoms with Gasteiger partial charge in [-0.2, -0.15) is 0 Å². The number of carbonyl (C=O) groups is 1. The van der Waals surface area contributed by atoms with Crippen LogP contribution in [0.4, 0.5) is 11.4 Å². The van der Waals surface area contributed by atoms with Gasteiger partial charge in [-0.25, -0.2) is 0 Å². The third kappa shape index (κ3) is 3.95. The van der Waals surface area contributed by atoms with Gasteiger partial charge in [0.15, 0.2) is 0 Å². The minimum Gasteiger partial charge on any atom is -0.397 e. The van der Waals surface area contributed by atoms with Gasteiger partial charge in [-0.3, -0.25) is 9.69 Å². The molecule has 1 amide bonds. The Morgan fingerprint density at radius 3 is 2.95 bits per heavy atom. The Labute approximate surface area is 126 Å². The lowest BCUT2D eigenvalue weighted by Crippen LogP contribution is -2.46. The van der Waals surface area contributed by atoms with Gasteiger partial charge in [0.05, 0.1) is 24.0 Å². The quantitative estimate of drug-likeness (QED) is 0.831. The molecule has 1 aliphatic heterocycles. The van der Waals surface area contributed by atoms with Crippen LogP contribution in [0, 0.1) is 12.8 Å². The molecule has 1 aromatic rings. The second kappa shape index (κ2) is 6.91. The van der Waals surface area contributed by atoms with Gasteiger partial charge in [0.25, 0.3) is 0 Å². The molecular formula is C16H25N3O2. The number of rotatable bonds is 4. The number of nitrogens with one attached hydrogen (secondary N) is 1. The van der Waals surface area contributed by atoms with Crippen molar-refractivity contribution in [2.24, 2.45) is 5.92 Å². The molecule has 5 heteroatoms. The Morgan fingerprint density at radius 2 is 2.29 bits per heavy atom. The number of carbonyl (C=O) groups excluding carboxylic acids is 1. The monoisotopic (exact) mass is 291 g/mol. The summed E-state index contributed by atoms with van der Waals surface area (Å²) >= 11 is 0. The van der Waals surface area contributed by atoms with Crippen molar-refractivity contribution in [1.82, 2.24) is 4.90 Å². The van der Waals surface area contributed by atoms with Gasteiger partial charge in [-0.05, 0) is 37.4 Å². The largest absolute Gasteiger partial charge is 0.397 e. The number of nitrogen functional groups attached to an aromatic ring is 1. The zero-order valence-corrected chi connectivity index (χ0v) is 13.1. The topological polar surface area (TPSA) is 67.6 Å². The maximum Gasteiger partial charge on any atom is 0.238 e. The summed E-state index contributed by atoms with van der Waals surface area (Å²) in [5.74, 6) is 0.515. The second-order valence-corrected chi connectivity index (χ2v) is 5.86. The molecule has 0 bridgehead atoms. The molecule has 0 aromatic heterocycles. The number of hydrogen-bond donors (Lipinski definition) is 2. The zero-order chi connectivity index (χ0) is 15.4. The normalized spacial score (nSPS) is 23.0. The van der Waals surface area contributed by atoms with E-state index in [1.807, 2.05) is 19.1 Å². The van der Waals surface area contributed by atoms with Crippen LogP contribution in [0.3, 0.4) is 0 Å². The van der Waals surface area contributed by atoms with E-state index in [9.17, 15) is 4.79 Å². The summed E-state index contributed by atoms with van der Waals surface area (Å²) in [6.07, 6.45) is 1.26. The molecule has 0 saturated carbocycles. The predicted molar refractivity (Wildman–Crippen MR) is 85.2 cm³/mol. The smallest absolute Gasteiger partial charge is 0.238 e. The number of nitrogens with two attached hydrogens (primary N) is 1. The van der Waals surface area contributed by atoms with E-state index in [4.69, 9.17) is 10.5 Å². The van der Waals surface area contributed by atoms with Crippen LogP contribution in [0.5, 0.6) is 0 Å². The molecule has 2 rings (SSSR count). The van der Waals surface area contributed by atoms with E-state index in [-0.39, 0.29) is 12.0 Å². The lowest BCUT2D eigenvalue weighted by molar-refractivity contribution is -0.118. The first-order valence-electron chi connectivity index (χ1n) is 7.41. The summed E-state index contributed by atoms with van der Waals surface area (Å²) < 4.78 is 5.48. The summed E-state index contributed by atoms with van der Waals surface area (Å²) in [5, 5.41) is 2.92. The fourth-order valence-electron chi connectivity index (χ4n) is 2.79. The van der Waals surface area contributed by atoms with E-state index in [2.05, 4.69) is 17.1 Å². The number of amides is 1. The van der Waals surface area contributed by atoms with Crippen molar-refractivity contribution in [3.8, 4) is 0 Å². The predicted octanol–water partition coefficient (Wildman–Crippen LogP) is 1.87. The highest BCUT2D eigenvalue weighted by Gasteiger charge is 2.27. The van der Waals surface area contributed by atoms with Gasteiger partial charge in [0.1, 0.15) is 0 Å². The molecular weight excluding hydrogens is 266 g/mol. The Morgan fingerprint density at radius 1 is 1.52 bits per heavy atom. The first-order valence-corrected chi connectivity index (χ1v) is 7.41. The number of anilines is 2. The Hall–Kier alpha value is -1.59. The van der Waals surface area contributed by atoms with Crippen LogP contribution in [0.25, 0.3) is 0 Å². The number of methoxy groups -OCH3 is 1. The van der Waals surface area contributed by atoms with Crippen LogP contribution in [-0.2, 0) is 9.53 Å². The number of aryl methyl sites for hydroxylation is 1. The molecule has 2 atom stereocenters. The van der Waals surface area contributed by atoms with Crippen molar-refractivity contribution in [2.75, 3.05) is 37.8 Å². The van der Waals surface area contributed by atoms with Gasteiger partial charge in [0, 0.05) is 13.7 Å². The fraction of sp³-hybridized carbons (Fsp3) is 0.562. The number of nitrogens with zero attached hydrogens (tertiary/aromatic N) is 1. The highest BCUT2D eigenvalue weighted by molar-refractivity contribution is 5.96. The summed E-state index contributed by atoms with van der Waals surface area (Å²) in [7, 11) is 1.73. The SMILES string of the molecule is COC1CN(CC(=O)Nc2c(C)cccc2N)CCC1C.